The zero-order chi connectivity index (χ0) is 19.4. The molecule has 3 rings (SSSR count). The number of nitrogens with zero attached hydrogens (tertiary/aromatic N) is 1. The number of nitrogens with one attached hydrogen (secondary N) is 2. The number of aromatic nitrogens is 1. The van der Waals surface area contributed by atoms with Gasteiger partial charge in [0.25, 0.3) is 0 Å². The average Bonchev–Trinajstić information content (AvgIpc) is 3.02. The number of benzene rings is 2. The minimum atomic E-state index is -0.128. The van der Waals surface area contributed by atoms with E-state index in [4.69, 9.17) is 16.6 Å². The number of phenols is 1. The molecule has 0 unspecified atom stereocenters. The van der Waals surface area contributed by atoms with Crippen LogP contribution >= 0.6 is 12.2 Å². The Hall–Kier alpha value is -2.93. The van der Waals surface area contributed by atoms with Gasteiger partial charge in [0.15, 0.2) is 10.7 Å². The summed E-state index contributed by atoms with van der Waals surface area (Å²) >= 11 is 5.13. The number of anilines is 1. The summed E-state index contributed by atoms with van der Waals surface area (Å²) in [6.45, 7) is 4.00. The number of rotatable bonds is 5. The molecule has 0 aliphatic heterocycles. The normalized spacial score (nSPS) is 10.7. The van der Waals surface area contributed by atoms with Gasteiger partial charge in [0.1, 0.15) is 11.3 Å². The van der Waals surface area contributed by atoms with E-state index in [0.29, 0.717) is 29.1 Å². The van der Waals surface area contributed by atoms with Crippen molar-refractivity contribution in [1.82, 2.24) is 10.3 Å². The lowest BCUT2D eigenvalue weighted by Crippen LogP contribution is -2.33. The summed E-state index contributed by atoms with van der Waals surface area (Å²) in [5.74, 6) is 0.218. The minimum Gasteiger partial charge on any atom is -0.507 e. The molecule has 0 aliphatic carbocycles. The third-order valence-electron chi connectivity index (χ3n) is 4.04. The van der Waals surface area contributed by atoms with Gasteiger partial charge < -0.3 is 20.2 Å². The van der Waals surface area contributed by atoms with Crippen LogP contribution in [0.15, 0.2) is 40.8 Å². The molecule has 0 spiro atoms. The molecule has 0 atom stereocenters. The lowest BCUT2D eigenvalue weighted by molar-refractivity contribution is -0.119. The molecule has 1 amide bonds. The van der Waals surface area contributed by atoms with E-state index in [2.05, 4.69) is 15.6 Å². The first-order valence-corrected chi connectivity index (χ1v) is 9.18. The van der Waals surface area contributed by atoms with Crippen LogP contribution in [-0.4, -0.2) is 21.1 Å². The Kier molecular flexibility index (Phi) is 5.71. The van der Waals surface area contributed by atoms with Gasteiger partial charge in [-0.1, -0.05) is 19.4 Å². The van der Waals surface area contributed by atoms with Crippen LogP contribution in [0.1, 0.15) is 31.7 Å². The van der Waals surface area contributed by atoms with E-state index < -0.39 is 0 Å². The third kappa shape index (κ3) is 4.62. The molecule has 0 aliphatic rings. The number of carbonyl (C=O) groups is 1. The van der Waals surface area contributed by atoms with Crippen molar-refractivity contribution in [3.63, 3.8) is 0 Å². The van der Waals surface area contributed by atoms with Crippen molar-refractivity contribution in [2.75, 3.05) is 5.32 Å². The quantitative estimate of drug-likeness (QED) is 0.562. The largest absolute Gasteiger partial charge is 0.507 e. The van der Waals surface area contributed by atoms with Crippen molar-refractivity contribution in [2.24, 2.45) is 0 Å². The number of hydrogen-bond donors (Lipinski definition) is 3. The zero-order valence-electron chi connectivity index (χ0n) is 15.2. The molecule has 6 nitrogen and oxygen atoms in total. The van der Waals surface area contributed by atoms with Gasteiger partial charge in [-0.25, -0.2) is 4.98 Å². The molecule has 2 aromatic carbocycles. The van der Waals surface area contributed by atoms with Crippen molar-refractivity contribution in [1.29, 1.82) is 0 Å². The van der Waals surface area contributed by atoms with Crippen LogP contribution in [0, 0.1) is 6.92 Å². The Balaban J connectivity index is 1.73. The van der Waals surface area contributed by atoms with Gasteiger partial charge in [-0.15, -0.1) is 0 Å². The Morgan fingerprint density at radius 1 is 1.26 bits per heavy atom. The van der Waals surface area contributed by atoms with E-state index in [1.54, 1.807) is 12.1 Å². The van der Waals surface area contributed by atoms with Crippen molar-refractivity contribution in [3.8, 4) is 17.2 Å². The number of oxazole rings is 1. The number of hydrogen-bond acceptors (Lipinski definition) is 5. The topological polar surface area (TPSA) is 87.4 Å². The molecule has 1 aromatic heterocycles. The highest BCUT2D eigenvalue weighted by atomic mass is 32.1. The van der Waals surface area contributed by atoms with E-state index in [-0.39, 0.29) is 16.8 Å². The first-order chi connectivity index (χ1) is 13.0. The highest BCUT2D eigenvalue weighted by Crippen LogP contribution is 2.33. The van der Waals surface area contributed by atoms with Crippen LogP contribution < -0.4 is 10.6 Å². The number of thiocarbonyl (C=S) groups is 1. The molecule has 1 heterocycles. The Bertz CT molecular complexity index is 997. The van der Waals surface area contributed by atoms with E-state index in [1.807, 2.05) is 32.0 Å². The fraction of sp³-hybridized carbons (Fsp3) is 0.250. The Morgan fingerprint density at radius 3 is 2.81 bits per heavy atom. The van der Waals surface area contributed by atoms with Gasteiger partial charge in [-0.2, -0.15) is 0 Å². The average molecular weight is 383 g/mol. The first kappa shape index (κ1) is 18.8. The van der Waals surface area contributed by atoms with E-state index in [0.717, 1.165) is 23.9 Å². The number of unbranched alkanes of at least 4 members (excludes halogenated alkanes) is 1. The van der Waals surface area contributed by atoms with Crippen molar-refractivity contribution < 1.29 is 14.3 Å². The summed E-state index contributed by atoms with van der Waals surface area (Å²) in [4.78, 5) is 16.1. The van der Waals surface area contributed by atoms with Crippen LogP contribution in [0.2, 0.25) is 0 Å². The molecule has 0 fully saturated rings. The molecule has 0 saturated heterocycles. The van der Waals surface area contributed by atoms with Crippen molar-refractivity contribution in [3.05, 3.63) is 42.0 Å². The minimum absolute atomic E-state index is 0.00314. The second kappa shape index (κ2) is 8.18. The molecule has 0 saturated carbocycles. The predicted molar refractivity (Wildman–Crippen MR) is 110 cm³/mol. The smallest absolute Gasteiger partial charge is 0.231 e. The summed E-state index contributed by atoms with van der Waals surface area (Å²) in [7, 11) is 0. The number of aromatic hydroxyl groups is 1. The molecule has 0 radical (unpaired) electrons. The lowest BCUT2D eigenvalue weighted by Gasteiger charge is -2.10. The van der Waals surface area contributed by atoms with Crippen LogP contribution in [-0.2, 0) is 4.79 Å². The second-order valence-corrected chi connectivity index (χ2v) is 6.74. The van der Waals surface area contributed by atoms with Crippen molar-refractivity contribution in [2.45, 2.75) is 33.1 Å². The molecule has 3 N–H and O–H groups in total. The van der Waals surface area contributed by atoms with Gasteiger partial charge in [0.05, 0.1) is 5.56 Å². The van der Waals surface area contributed by atoms with Crippen molar-refractivity contribution >= 4 is 40.0 Å². The summed E-state index contributed by atoms with van der Waals surface area (Å²) in [6, 6.07) is 10.7. The number of fused-ring (bicyclic) bond motifs is 1. The third-order valence-corrected chi connectivity index (χ3v) is 4.24. The fourth-order valence-electron chi connectivity index (χ4n) is 2.63. The Morgan fingerprint density at radius 2 is 2.07 bits per heavy atom. The lowest BCUT2D eigenvalue weighted by atomic mass is 10.2. The van der Waals surface area contributed by atoms with Gasteiger partial charge in [-0.3, -0.25) is 4.79 Å². The number of carbonyl (C=O) groups excluding carboxylic acids is 1. The molecular formula is C20H21N3O3S. The zero-order valence-corrected chi connectivity index (χ0v) is 16.0. The van der Waals surface area contributed by atoms with E-state index in [9.17, 15) is 9.90 Å². The van der Waals surface area contributed by atoms with Gasteiger partial charge >= 0.3 is 0 Å². The van der Waals surface area contributed by atoms with E-state index in [1.165, 1.54) is 6.07 Å². The van der Waals surface area contributed by atoms with Crippen LogP contribution in [0.4, 0.5) is 5.69 Å². The standard InChI is InChI=1S/C20H21N3O3S/c1-3-4-5-18(25)23-20(27)21-13-7-8-14(16(24)11-13)19-22-15-9-6-12(2)10-17(15)26-19/h6-11,24H,3-5H2,1-2H3,(H2,21,23,25,27). The molecule has 3 aromatic rings. The highest BCUT2D eigenvalue weighted by molar-refractivity contribution is 7.80. The second-order valence-electron chi connectivity index (χ2n) is 6.33. The van der Waals surface area contributed by atoms with Gasteiger partial charge in [-0.05, 0) is 55.4 Å². The summed E-state index contributed by atoms with van der Waals surface area (Å²) in [6.07, 6.45) is 2.19. The predicted octanol–water partition coefficient (Wildman–Crippen LogP) is 4.51. The number of phenolic OH excluding ortho intramolecular Hbond substituents is 1. The molecule has 27 heavy (non-hydrogen) atoms. The Labute approximate surface area is 162 Å². The monoisotopic (exact) mass is 383 g/mol. The maximum Gasteiger partial charge on any atom is 0.231 e. The van der Waals surface area contributed by atoms with E-state index >= 15 is 0 Å². The van der Waals surface area contributed by atoms with Crippen LogP contribution in [0.3, 0.4) is 0 Å². The fourth-order valence-corrected chi connectivity index (χ4v) is 2.86. The van der Waals surface area contributed by atoms with Crippen LogP contribution in [0.25, 0.3) is 22.6 Å². The molecular weight excluding hydrogens is 362 g/mol. The SMILES string of the molecule is CCCCC(=O)NC(=S)Nc1ccc(-c2nc3ccc(C)cc3o2)c(O)c1. The van der Waals surface area contributed by atoms with Crippen LogP contribution in [0.5, 0.6) is 5.75 Å². The summed E-state index contributed by atoms with van der Waals surface area (Å²) in [5, 5.41) is 16.1. The van der Waals surface area contributed by atoms with Gasteiger partial charge in [0, 0.05) is 18.2 Å². The molecule has 7 heteroatoms. The summed E-state index contributed by atoms with van der Waals surface area (Å²) in [5.41, 5.74) is 3.51. The molecule has 0 bridgehead atoms. The first-order valence-electron chi connectivity index (χ1n) is 8.77. The number of aryl methyl sites for hydroxylation is 1. The maximum absolute atomic E-state index is 11.7. The maximum atomic E-state index is 11.7. The summed E-state index contributed by atoms with van der Waals surface area (Å²) < 4.78 is 5.75. The molecule has 140 valence electrons. The van der Waals surface area contributed by atoms with Gasteiger partial charge in [0.2, 0.25) is 11.8 Å². The number of amides is 1. The highest BCUT2D eigenvalue weighted by Gasteiger charge is 2.13.